The van der Waals surface area contributed by atoms with Gasteiger partial charge in [-0.25, -0.2) is 0 Å². The lowest BCUT2D eigenvalue weighted by atomic mass is 9.95. The zero-order chi connectivity index (χ0) is 11.8. The van der Waals surface area contributed by atoms with Gasteiger partial charge in [-0.1, -0.05) is 0 Å². The van der Waals surface area contributed by atoms with Crippen LogP contribution in [0.4, 0.5) is 4.39 Å². The van der Waals surface area contributed by atoms with Crippen molar-refractivity contribution in [3.63, 3.8) is 0 Å². The minimum Gasteiger partial charge on any atom is -0.505 e. The summed E-state index contributed by atoms with van der Waals surface area (Å²) in [4.78, 5) is 0. The van der Waals surface area contributed by atoms with Crippen molar-refractivity contribution in [3.05, 3.63) is 21.9 Å². The molecule has 0 amide bonds. The minimum absolute atomic E-state index is 0.206. The van der Waals surface area contributed by atoms with Crippen LogP contribution in [-0.4, -0.2) is 15.8 Å². The lowest BCUT2D eigenvalue weighted by Gasteiger charge is -2.19. The molecule has 0 atom stereocenters. The fourth-order valence-corrected chi connectivity index (χ4v) is 1.72. The van der Waals surface area contributed by atoms with Gasteiger partial charge in [-0.15, -0.1) is 0 Å². The summed E-state index contributed by atoms with van der Waals surface area (Å²) in [7, 11) is 0. The molecule has 1 aromatic carbocycles. The third kappa shape index (κ3) is 2.82. The molecule has 0 aliphatic carbocycles. The summed E-state index contributed by atoms with van der Waals surface area (Å²) in [5.41, 5.74) is 5.57. The zero-order valence-corrected chi connectivity index (χ0v) is 10.1. The zero-order valence-electron chi connectivity index (χ0n) is 8.51. The minimum atomic E-state index is -1.02. The summed E-state index contributed by atoms with van der Waals surface area (Å²) >= 11 is 3.00. The van der Waals surface area contributed by atoms with E-state index >= 15 is 0 Å². The van der Waals surface area contributed by atoms with Gasteiger partial charge in [0.25, 0.3) is 0 Å². The molecule has 0 saturated heterocycles. The van der Waals surface area contributed by atoms with Crippen LogP contribution >= 0.6 is 15.9 Å². The Bertz CT molecular complexity index is 388. The smallest absolute Gasteiger partial charge is 0.207 e. The van der Waals surface area contributed by atoms with Crippen LogP contribution in [0.25, 0.3) is 0 Å². The fourth-order valence-electron chi connectivity index (χ4n) is 1.27. The third-order valence-corrected chi connectivity index (χ3v) is 2.50. The van der Waals surface area contributed by atoms with Crippen molar-refractivity contribution in [2.24, 2.45) is 5.73 Å². The maximum atomic E-state index is 13.3. The second kappa shape index (κ2) is 3.98. The van der Waals surface area contributed by atoms with E-state index in [1.54, 1.807) is 13.8 Å². The van der Waals surface area contributed by atoms with E-state index in [0.29, 0.717) is 12.0 Å². The Morgan fingerprint density at radius 2 is 1.93 bits per heavy atom. The highest BCUT2D eigenvalue weighted by Gasteiger charge is 2.20. The van der Waals surface area contributed by atoms with Crippen molar-refractivity contribution in [1.82, 2.24) is 0 Å². The number of benzene rings is 1. The molecule has 0 aliphatic rings. The Hall–Kier alpha value is -0.810. The average molecular weight is 278 g/mol. The van der Waals surface area contributed by atoms with E-state index in [2.05, 4.69) is 15.9 Å². The summed E-state index contributed by atoms with van der Waals surface area (Å²) in [6.07, 6.45) is 0.314. The maximum absolute atomic E-state index is 13.3. The normalized spacial score (nSPS) is 11.8. The first-order chi connectivity index (χ1) is 6.72. The van der Waals surface area contributed by atoms with E-state index in [1.807, 2.05) is 0 Å². The van der Waals surface area contributed by atoms with Gasteiger partial charge in [-0.3, -0.25) is 0 Å². The van der Waals surface area contributed by atoms with Crippen LogP contribution in [0.15, 0.2) is 10.5 Å². The summed E-state index contributed by atoms with van der Waals surface area (Å²) in [5, 5.41) is 18.7. The molecular weight excluding hydrogens is 265 g/mol. The highest BCUT2D eigenvalue weighted by Crippen LogP contribution is 2.36. The summed E-state index contributed by atoms with van der Waals surface area (Å²) in [6.45, 7) is 3.54. The van der Waals surface area contributed by atoms with Gasteiger partial charge in [0.15, 0.2) is 11.5 Å². The number of halogens is 2. The molecule has 0 spiro atoms. The Kier molecular flexibility index (Phi) is 3.25. The van der Waals surface area contributed by atoms with E-state index in [1.165, 1.54) is 6.07 Å². The monoisotopic (exact) mass is 277 g/mol. The van der Waals surface area contributed by atoms with E-state index in [9.17, 15) is 14.6 Å². The van der Waals surface area contributed by atoms with Gasteiger partial charge in [0.05, 0.1) is 4.47 Å². The average Bonchev–Trinajstić information content (AvgIpc) is 2.08. The molecule has 0 saturated carbocycles. The number of phenolic OH excluding ortho intramolecular Hbond substituents is 2. The van der Waals surface area contributed by atoms with Crippen molar-refractivity contribution < 1.29 is 14.6 Å². The second-order valence-corrected chi connectivity index (χ2v) is 5.05. The van der Waals surface area contributed by atoms with E-state index < -0.39 is 22.9 Å². The highest BCUT2D eigenvalue weighted by molar-refractivity contribution is 9.10. The number of hydrogen-bond acceptors (Lipinski definition) is 3. The van der Waals surface area contributed by atoms with E-state index in [-0.39, 0.29) is 4.47 Å². The third-order valence-electron chi connectivity index (χ3n) is 1.89. The van der Waals surface area contributed by atoms with Gasteiger partial charge in [0, 0.05) is 11.1 Å². The first-order valence-electron chi connectivity index (χ1n) is 4.40. The molecule has 15 heavy (non-hydrogen) atoms. The number of phenols is 2. The van der Waals surface area contributed by atoms with Crippen molar-refractivity contribution in [1.29, 1.82) is 0 Å². The summed E-state index contributed by atoms with van der Waals surface area (Å²) in [6, 6.07) is 1.46. The van der Waals surface area contributed by atoms with Gasteiger partial charge in [-0.05, 0) is 42.3 Å². The molecule has 4 N–H and O–H groups in total. The quantitative estimate of drug-likeness (QED) is 0.777. The van der Waals surface area contributed by atoms with Crippen molar-refractivity contribution in [2.45, 2.75) is 25.8 Å². The van der Waals surface area contributed by atoms with E-state index in [4.69, 9.17) is 5.73 Å². The van der Waals surface area contributed by atoms with Crippen LogP contribution in [0.5, 0.6) is 11.5 Å². The van der Waals surface area contributed by atoms with Crippen molar-refractivity contribution >= 4 is 15.9 Å². The molecule has 1 rings (SSSR count). The molecule has 1 aromatic rings. The largest absolute Gasteiger partial charge is 0.505 e. The SMILES string of the molecule is CC(C)(N)Cc1cc(Br)c(O)c(F)c1O. The molecule has 0 bridgehead atoms. The molecule has 3 nitrogen and oxygen atoms in total. The first-order valence-corrected chi connectivity index (χ1v) is 5.19. The lowest BCUT2D eigenvalue weighted by Crippen LogP contribution is -2.34. The van der Waals surface area contributed by atoms with Crippen LogP contribution in [0.3, 0.4) is 0 Å². The number of nitrogens with two attached hydrogens (primary N) is 1. The molecule has 5 heteroatoms. The van der Waals surface area contributed by atoms with Gasteiger partial charge < -0.3 is 15.9 Å². The molecule has 0 fully saturated rings. The van der Waals surface area contributed by atoms with Crippen LogP contribution in [-0.2, 0) is 6.42 Å². The van der Waals surface area contributed by atoms with Crippen LogP contribution < -0.4 is 5.73 Å². The predicted octanol–water partition coefficient (Wildman–Crippen LogP) is 2.28. The second-order valence-electron chi connectivity index (χ2n) is 4.19. The molecule has 0 aliphatic heterocycles. The number of aromatic hydroxyl groups is 2. The predicted molar refractivity (Wildman–Crippen MR) is 59.4 cm³/mol. The number of rotatable bonds is 2. The van der Waals surface area contributed by atoms with Crippen molar-refractivity contribution in [3.8, 4) is 11.5 Å². The number of hydrogen-bond donors (Lipinski definition) is 3. The molecule has 0 unspecified atom stereocenters. The molecule has 84 valence electrons. The Balaban J connectivity index is 3.21. The lowest BCUT2D eigenvalue weighted by molar-refractivity contribution is 0.378. The molecule has 0 aromatic heterocycles. The highest BCUT2D eigenvalue weighted by atomic mass is 79.9. The maximum Gasteiger partial charge on any atom is 0.207 e. The van der Waals surface area contributed by atoms with Crippen molar-refractivity contribution in [2.75, 3.05) is 0 Å². The summed E-state index contributed by atoms with van der Waals surface area (Å²) < 4.78 is 13.5. The van der Waals surface area contributed by atoms with Crippen LogP contribution in [0, 0.1) is 5.82 Å². The van der Waals surface area contributed by atoms with E-state index in [0.717, 1.165) is 0 Å². The van der Waals surface area contributed by atoms with Gasteiger partial charge in [-0.2, -0.15) is 4.39 Å². The van der Waals surface area contributed by atoms with Gasteiger partial charge >= 0.3 is 0 Å². The van der Waals surface area contributed by atoms with Gasteiger partial charge in [0.1, 0.15) is 0 Å². The van der Waals surface area contributed by atoms with Crippen LogP contribution in [0.2, 0.25) is 0 Å². The Labute approximate surface area is 95.9 Å². The molecule has 0 radical (unpaired) electrons. The summed E-state index contributed by atoms with van der Waals surface area (Å²) in [5.74, 6) is -2.16. The topological polar surface area (TPSA) is 66.5 Å². The molecular formula is C10H13BrFNO2. The Morgan fingerprint density at radius 3 is 2.40 bits per heavy atom. The molecule has 0 heterocycles. The Morgan fingerprint density at radius 1 is 1.40 bits per heavy atom. The van der Waals surface area contributed by atoms with Crippen LogP contribution in [0.1, 0.15) is 19.4 Å². The first kappa shape index (κ1) is 12.3. The fraction of sp³-hybridized carbons (Fsp3) is 0.400. The standard InChI is InChI=1S/C10H13BrFNO2/c1-10(2,13)4-5-3-6(11)9(15)7(12)8(5)14/h3,14-15H,4,13H2,1-2H3. The van der Waals surface area contributed by atoms with Gasteiger partial charge in [0.2, 0.25) is 5.82 Å².